The normalized spacial score (nSPS) is 12.6. The Hall–Kier alpha value is -0.840. The summed E-state index contributed by atoms with van der Waals surface area (Å²) in [6.07, 6.45) is 1.95. The van der Waals surface area contributed by atoms with Gasteiger partial charge in [-0.15, -0.1) is 11.3 Å². The van der Waals surface area contributed by atoms with Crippen LogP contribution in [0.15, 0.2) is 44.9 Å². The Morgan fingerprint density at radius 3 is 2.88 bits per heavy atom. The molecule has 2 aromatic rings. The Labute approximate surface area is 110 Å². The lowest BCUT2D eigenvalue weighted by molar-refractivity contribution is 0.582. The summed E-state index contributed by atoms with van der Waals surface area (Å²) < 4.78 is 1.30. The first-order chi connectivity index (χ1) is 8.29. The largest absolute Gasteiger partial charge is 0.309 e. The number of nitrogens with one attached hydrogen (secondary N) is 1. The zero-order valence-corrected chi connectivity index (χ0v) is 11.6. The SMILES string of the molecule is CCNC(C)c1ccc(Sc2cccs2)cn1. The van der Waals surface area contributed by atoms with Gasteiger partial charge in [-0.25, -0.2) is 0 Å². The molecule has 2 aromatic heterocycles. The fraction of sp³-hybridized carbons (Fsp3) is 0.308. The third-order valence-electron chi connectivity index (χ3n) is 2.43. The van der Waals surface area contributed by atoms with Gasteiger partial charge in [0.2, 0.25) is 0 Å². The van der Waals surface area contributed by atoms with Crippen LogP contribution in [0.25, 0.3) is 0 Å². The van der Waals surface area contributed by atoms with E-state index in [1.165, 1.54) is 9.10 Å². The molecule has 0 saturated carbocycles. The van der Waals surface area contributed by atoms with Crippen molar-refractivity contribution in [3.63, 3.8) is 0 Å². The summed E-state index contributed by atoms with van der Waals surface area (Å²) in [4.78, 5) is 5.69. The van der Waals surface area contributed by atoms with Crippen molar-refractivity contribution in [3.05, 3.63) is 41.5 Å². The van der Waals surface area contributed by atoms with Crippen LogP contribution in [0.3, 0.4) is 0 Å². The molecule has 0 amide bonds. The monoisotopic (exact) mass is 264 g/mol. The van der Waals surface area contributed by atoms with E-state index < -0.39 is 0 Å². The topological polar surface area (TPSA) is 24.9 Å². The molecule has 0 saturated heterocycles. The van der Waals surface area contributed by atoms with Gasteiger partial charge in [-0.2, -0.15) is 0 Å². The maximum absolute atomic E-state index is 4.50. The van der Waals surface area contributed by atoms with E-state index in [4.69, 9.17) is 0 Å². The Bertz CT molecular complexity index is 437. The highest BCUT2D eigenvalue weighted by Gasteiger charge is 2.05. The third-order valence-corrected chi connectivity index (χ3v) is 4.44. The molecular formula is C13H16N2S2. The smallest absolute Gasteiger partial charge is 0.0646 e. The lowest BCUT2D eigenvalue weighted by Gasteiger charge is -2.11. The third kappa shape index (κ3) is 3.56. The van der Waals surface area contributed by atoms with E-state index in [0.717, 1.165) is 12.2 Å². The highest BCUT2D eigenvalue weighted by Crippen LogP contribution is 2.30. The zero-order chi connectivity index (χ0) is 12.1. The molecule has 90 valence electrons. The number of rotatable bonds is 5. The number of nitrogens with zero attached hydrogens (tertiary/aromatic N) is 1. The Morgan fingerprint density at radius 2 is 2.29 bits per heavy atom. The highest BCUT2D eigenvalue weighted by atomic mass is 32.2. The molecule has 0 radical (unpaired) electrons. The van der Waals surface area contributed by atoms with Crippen LogP contribution in [0.4, 0.5) is 0 Å². The molecule has 2 heterocycles. The second-order valence-corrected chi connectivity index (χ2v) is 6.05. The number of hydrogen-bond donors (Lipinski definition) is 1. The van der Waals surface area contributed by atoms with Gasteiger partial charge in [-0.3, -0.25) is 4.98 Å². The second kappa shape index (κ2) is 6.19. The van der Waals surface area contributed by atoms with Crippen molar-refractivity contribution in [2.45, 2.75) is 29.0 Å². The van der Waals surface area contributed by atoms with Gasteiger partial charge in [0.15, 0.2) is 0 Å². The van der Waals surface area contributed by atoms with Crippen molar-refractivity contribution in [1.82, 2.24) is 10.3 Å². The van der Waals surface area contributed by atoms with Gasteiger partial charge in [0.1, 0.15) is 0 Å². The van der Waals surface area contributed by atoms with E-state index >= 15 is 0 Å². The maximum Gasteiger partial charge on any atom is 0.0646 e. The molecule has 1 N–H and O–H groups in total. The molecule has 4 heteroatoms. The van der Waals surface area contributed by atoms with Crippen LogP contribution in [0, 0.1) is 0 Å². The first-order valence-electron chi connectivity index (χ1n) is 5.70. The van der Waals surface area contributed by atoms with Crippen LogP contribution in [0.2, 0.25) is 0 Å². The average Bonchev–Trinajstić information content (AvgIpc) is 2.83. The minimum absolute atomic E-state index is 0.320. The van der Waals surface area contributed by atoms with Crippen molar-refractivity contribution in [2.75, 3.05) is 6.54 Å². The first kappa shape index (κ1) is 12.6. The van der Waals surface area contributed by atoms with E-state index in [9.17, 15) is 0 Å². The van der Waals surface area contributed by atoms with E-state index in [1.54, 1.807) is 23.1 Å². The number of pyridine rings is 1. The molecule has 1 atom stereocenters. The summed E-state index contributed by atoms with van der Waals surface area (Å²) >= 11 is 3.52. The predicted molar refractivity (Wildman–Crippen MR) is 74.8 cm³/mol. The van der Waals surface area contributed by atoms with Crippen molar-refractivity contribution in [2.24, 2.45) is 0 Å². The molecule has 0 aliphatic carbocycles. The molecule has 1 unspecified atom stereocenters. The van der Waals surface area contributed by atoms with Crippen molar-refractivity contribution in [1.29, 1.82) is 0 Å². The van der Waals surface area contributed by atoms with Crippen LogP contribution >= 0.6 is 23.1 Å². The van der Waals surface area contributed by atoms with Gasteiger partial charge in [0, 0.05) is 17.1 Å². The zero-order valence-electron chi connectivity index (χ0n) is 10.0. The minimum atomic E-state index is 0.320. The van der Waals surface area contributed by atoms with Gasteiger partial charge in [0.25, 0.3) is 0 Å². The van der Waals surface area contributed by atoms with Crippen molar-refractivity contribution < 1.29 is 0 Å². The fourth-order valence-electron chi connectivity index (χ4n) is 1.56. The predicted octanol–water partition coefficient (Wildman–Crippen LogP) is 3.96. The first-order valence-corrected chi connectivity index (χ1v) is 7.40. The van der Waals surface area contributed by atoms with E-state index in [0.29, 0.717) is 6.04 Å². The minimum Gasteiger partial charge on any atom is -0.309 e. The highest BCUT2D eigenvalue weighted by molar-refractivity contribution is 8.01. The Morgan fingerprint density at radius 1 is 1.41 bits per heavy atom. The maximum atomic E-state index is 4.50. The Kier molecular flexibility index (Phi) is 4.59. The molecule has 0 aromatic carbocycles. The van der Waals surface area contributed by atoms with E-state index in [1.807, 2.05) is 6.20 Å². The van der Waals surface area contributed by atoms with Gasteiger partial charge >= 0.3 is 0 Å². The van der Waals surface area contributed by atoms with Crippen LogP contribution in [-0.2, 0) is 0 Å². The molecule has 2 nitrogen and oxygen atoms in total. The summed E-state index contributed by atoms with van der Waals surface area (Å²) in [5, 5.41) is 5.45. The molecule has 17 heavy (non-hydrogen) atoms. The number of aromatic nitrogens is 1. The van der Waals surface area contributed by atoms with Crippen LogP contribution in [-0.4, -0.2) is 11.5 Å². The summed E-state index contributed by atoms with van der Waals surface area (Å²) in [7, 11) is 0. The molecule has 2 rings (SSSR count). The summed E-state index contributed by atoms with van der Waals surface area (Å²) in [6.45, 7) is 5.21. The second-order valence-electron chi connectivity index (χ2n) is 3.73. The van der Waals surface area contributed by atoms with Crippen molar-refractivity contribution in [3.8, 4) is 0 Å². The quantitative estimate of drug-likeness (QED) is 0.884. The molecule has 0 fully saturated rings. The summed E-state index contributed by atoms with van der Waals surface area (Å²) in [6, 6.07) is 8.76. The molecule has 0 aliphatic rings. The van der Waals surface area contributed by atoms with E-state index in [-0.39, 0.29) is 0 Å². The standard InChI is InChI=1S/C13H16N2S2/c1-3-14-10(2)12-7-6-11(9-15-12)17-13-5-4-8-16-13/h4-10,14H,3H2,1-2H3. The van der Waals surface area contributed by atoms with Crippen LogP contribution in [0.1, 0.15) is 25.6 Å². The summed E-state index contributed by atoms with van der Waals surface area (Å²) in [5.41, 5.74) is 1.10. The lowest BCUT2D eigenvalue weighted by Crippen LogP contribution is -2.18. The van der Waals surface area contributed by atoms with Crippen LogP contribution in [0.5, 0.6) is 0 Å². The molecule has 0 aliphatic heterocycles. The average molecular weight is 264 g/mol. The van der Waals surface area contributed by atoms with Gasteiger partial charge in [0.05, 0.1) is 9.90 Å². The summed E-state index contributed by atoms with van der Waals surface area (Å²) in [5.74, 6) is 0. The number of hydrogen-bond acceptors (Lipinski definition) is 4. The van der Waals surface area contributed by atoms with Gasteiger partial charge in [-0.1, -0.05) is 24.8 Å². The van der Waals surface area contributed by atoms with Crippen molar-refractivity contribution >= 4 is 23.1 Å². The van der Waals surface area contributed by atoms with Gasteiger partial charge < -0.3 is 5.32 Å². The van der Waals surface area contributed by atoms with Crippen LogP contribution < -0.4 is 5.32 Å². The fourth-order valence-corrected chi connectivity index (χ4v) is 3.27. The van der Waals surface area contributed by atoms with Gasteiger partial charge in [-0.05, 0) is 37.0 Å². The molecule has 0 bridgehead atoms. The lowest BCUT2D eigenvalue weighted by atomic mass is 10.2. The molecular weight excluding hydrogens is 248 g/mol. The number of thiophene rings is 1. The Balaban J connectivity index is 2.02. The molecule has 0 spiro atoms. The van der Waals surface area contributed by atoms with E-state index in [2.05, 4.69) is 53.8 Å².